The summed E-state index contributed by atoms with van der Waals surface area (Å²) in [5.74, 6) is -4.10. The molecule has 1 aliphatic heterocycles. The number of carbonyl (C=O) groups is 6. The van der Waals surface area contributed by atoms with Crippen molar-refractivity contribution < 1.29 is 84.6 Å². The van der Waals surface area contributed by atoms with Gasteiger partial charge in [-0.1, -0.05) is 12.1 Å². The van der Waals surface area contributed by atoms with E-state index in [1.54, 1.807) is 48.5 Å². The number of benzene rings is 8. The number of carboxylic acids is 4. The summed E-state index contributed by atoms with van der Waals surface area (Å²) in [7, 11) is -7.46. The molecule has 0 unspecified atom stereocenters. The smallest absolute Gasteiger partial charge is 0.335 e. The van der Waals surface area contributed by atoms with E-state index in [-0.39, 0.29) is 95.1 Å². The first-order chi connectivity index (χ1) is 46.8. The fourth-order valence-electron chi connectivity index (χ4n) is 8.51. The molecule has 10 N–H and O–H groups in total. The molecule has 36 heteroatoms. The van der Waals surface area contributed by atoms with Crippen molar-refractivity contribution in [3.8, 4) is 5.75 Å². The van der Waals surface area contributed by atoms with Gasteiger partial charge in [-0.05, 0) is 152 Å². The quantitative estimate of drug-likeness (QED) is 0.0161. The van der Waals surface area contributed by atoms with Crippen LogP contribution in [0.3, 0.4) is 0 Å². The normalized spacial score (nSPS) is 12.4. The summed E-state index contributed by atoms with van der Waals surface area (Å²) in [5, 5.41) is 80.7. The van der Waals surface area contributed by atoms with E-state index in [2.05, 4.69) is 77.1 Å². The van der Waals surface area contributed by atoms with Gasteiger partial charge in [-0.25, -0.2) is 24.0 Å². The van der Waals surface area contributed by atoms with Crippen molar-refractivity contribution >= 4 is 143 Å². The highest BCUT2D eigenvalue weighted by atomic mass is 32.2. The number of nitrogens with zero attached hydrogens (tertiary/aromatic N) is 12. The highest BCUT2D eigenvalue weighted by Gasteiger charge is 2.20. The number of carbonyl (C=O) groups excluding carboxylic acids is 2. The molecule has 1 saturated heterocycles. The van der Waals surface area contributed by atoms with Gasteiger partial charge in [-0.15, -0.1) is 0 Å². The Bertz CT molecular complexity index is 4710. The number of ether oxygens (including phenoxy) is 2. The Morgan fingerprint density at radius 1 is 0.469 bits per heavy atom. The number of anilines is 7. The molecule has 1 aliphatic rings. The van der Waals surface area contributed by atoms with Crippen molar-refractivity contribution in [3.05, 3.63) is 198 Å². The predicted octanol–water partition coefficient (Wildman–Crippen LogP) is 13.3. The van der Waals surface area contributed by atoms with Gasteiger partial charge in [-0.2, -0.15) is 72.7 Å². The number of hydrogen-bond acceptors (Lipinski definition) is 26. The van der Waals surface area contributed by atoms with Crippen LogP contribution in [0.25, 0.3) is 0 Å². The zero-order chi connectivity index (χ0) is 70.1. The Kier molecular flexibility index (Phi) is 22.1. The minimum Gasteiger partial charge on any atom is -0.494 e. The van der Waals surface area contributed by atoms with Crippen LogP contribution in [0.4, 0.5) is 90.9 Å². The number of urea groups is 1. The van der Waals surface area contributed by atoms with Crippen LogP contribution >= 0.6 is 0 Å². The average molecular weight is 1370 g/mol. The fraction of sp³-hybridized carbons (Fsp3) is 0.0806. The number of azo groups is 4. The summed E-state index contributed by atoms with van der Waals surface area (Å²) in [5.41, 5.74) is 2.55. The topological polar surface area (TPSA) is 499 Å². The van der Waals surface area contributed by atoms with E-state index in [1.165, 1.54) is 104 Å². The van der Waals surface area contributed by atoms with E-state index in [0.29, 0.717) is 67.0 Å². The molecule has 0 atom stereocenters. The Morgan fingerprint density at radius 2 is 0.847 bits per heavy atom. The van der Waals surface area contributed by atoms with Gasteiger partial charge in [0.05, 0.1) is 109 Å². The molecule has 0 bridgehead atoms. The van der Waals surface area contributed by atoms with Crippen LogP contribution < -0.4 is 30.9 Å². The molecule has 1 fully saturated rings. The van der Waals surface area contributed by atoms with Crippen LogP contribution in [0.15, 0.2) is 221 Å². The second kappa shape index (κ2) is 31.3. The molecule has 0 saturated carbocycles. The van der Waals surface area contributed by atoms with Gasteiger partial charge >= 0.3 is 29.9 Å². The van der Waals surface area contributed by atoms with Gasteiger partial charge in [0.1, 0.15) is 5.75 Å². The van der Waals surface area contributed by atoms with E-state index in [4.69, 9.17) is 9.47 Å². The second-order valence-corrected chi connectivity index (χ2v) is 22.9. The largest absolute Gasteiger partial charge is 0.494 e. The van der Waals surface area contributed by atoms with Crippen LogP contribution in [-0.2, 0) is 25.0 Å². The summed E-state index contributed by atoms with van der Waals surface area (Å²) in [6.07, 6.45) is 0.500. The van der Waals surface area contributed by atoms with E-state index in [9.17, 15) is 75.1 Å². The lowest BCUT2D eigenvalue weighted by Crippen LogP contribution is -2.37. The zero-order valence-electron chi connectivity index (χ0n) is 50.3. The van der Waals surface area contributed by atoms with Crippen LogP contribution in [0, 0.1) is 0 Å². The third-order valence-corrected chi connectivity index (χ3v) is 14.9. The molecule has 9 aromatic rings. The minimum absolute atomic E-state index is 0.0636. The Hall–Kier alpha value is -13.0. The summed E-state index contributed by atoms with van der Waals surface area (Å²) in [4.78, 5) is 85.0. The number of hydrogen-bond donors (Lipinski definition) is 10. The van der Waals surface area contributed by atoms with Gasteiger partial charge < -0.3 is 56.1 Å². The number of aromatic nitrogens is 3. The summed E-state index contributed by atoms with van der Waals surface area (Å²) in [6, 6.07) is 38.7. The molecule has 34 nitrogen and oxygen atoms in total. The fourth-order valence-corrected chi connectivity index (χ4v) is 9.55. The highest BCUT2D eigenvalue weighted by molar-refractivity contribution is 7.86. The first-order valence-electron chi connectivity index (χ1n) is 28.1. The van der Waals surface area contributed by atoms with E-state index in [0.717, 1.165) is 24.3 Å². The molecule has 0 aliphatic carbocycles. The summed E-state index contributed by atoms with van der Waals surface area (Å²) >= 11 is 0. The van der Waals surface area contributed by atoms with E-state index >= 15 is 0 Å². The monoisotopic (exact) mass is 1370 g/mol. The third kappa shape index (κ3) is 19.5. The molecule has 498 valence electrons. The van der Waals surface area contributed by atoms with Gasteiger partial charge in [0.25, 0.3) is 20.2 Å². The van der Waals surface area contributed by atoms with Crippen molar-refractivity contribution in [1.29, 1.82) is 0 Å². The van der Waals surface area contributed by atoms with E-state index in [1.807, 2.05) is 4.90 Å². The standard InChI is InChI=1S/C35H28N10O9.C27H22N6O9S2/c46-29(47)19-13-20(30(48)49)16-27(15-19)43-41-25-5-1-23(2-6-25)36-33-38-34(40-35(39-33)45-9-11-54-12-10-45)37-24-3-7-26(8-4-24)42-44-28-17-21(31(50)51)14-22(18-28)32(52)53;1-42-26-15-21(33-31-19-5-3-7-23(14-19)44(39,40)41)9-11-25(26)29-27(35)28-24-10-8-20(12-17(24)16-34)32-30-18-4-2-6-22(13-18)43(36,37)38/h1-8,13-18H,9-12H2,(H,46,47)(H,48,49)(H,50,51)(H,52,53)(H2,36,37,38,39,40);2-16H,1H3,(H2,28,29,35)(H,36,37,38)(H,39,40,41). The van der Waals surface area contributed by atoms with Crippen LogP contribution in [-0.4, -0.2) is 131 Å². The first kappa shape index (κ1) is 69.3. The number of nitrogens with one attached hydrogen (secondary N) is 4. The number of rotatable bonds is 23. The van der Waals surface area contributed by atoms with Crippen LogP contribution in [0.1, 0.15) is 51.8 Å². The molecule has 0 spiro atoms. The van der Waals surface area contributed by atoms with Gasteiger partial charge in [0.15, 0.2) is 6.29 Å². The van der Waals surface area contributed by atoms with E-state index < -0.39 is 50.1 Å². The number of morpholine rings is 1. The lowest BCUT2D eigenvalue weighted by Gasteiger charge is -2.27. The summed E-state index contributed by atoms with van der Waals surface area (Å²) in [6.45, 7) is 2.13. The maximum atomic E-state index is 12.7. The SMILES string of the molecule is COc1cc(N=Nc2cccc(S(=O)(=O)O)c2)ccc1NC(=O)Nc1ccc(N=Nc2cccc(S(=O)(=O)O)c2)cc1C=O.O=C(O)c1cc(N=Nc2ccc(Nc3nc(Nc4ccc(N=Nc5cc(C(=O)O)cc(C(=O)O)c5)cc4)nc(N4CCOCC4)n3)cc2)cc(C(=O)O)c1. The zero-order valence-corrected chi connectivity index (χ0v) is 52.0. The van der Waals surface area contributed by atoms with Crippen molar-refractivity contribution in [2.45, 2.75) is 9.79 Å². The van der Waals surface area contributed by atoms with Crippen LogP contribution in [0.2, 0.25) is 0 Å². The number of aldehydes is 1. The lowest BCUT2D eigenvalue weighted by atomic mass is 10.1. The highest BCUT2D eigenvalue weighted by Crippen LogP contribution is 2.33. The number of aromatic carboxylic acids is 4. The molecule has 98 heavy (non-hydrogen) atoms. The van der Waals surface area contributed by atoms with Crippen LogP contribution in [0.5, 0.6) is 5.75 Å². The predicted molar refractivity (Wildman–Crippen MR) is 350 cm³/mol. The molecule has 0 radical (unpaired) electrons. The lowest BCUT2D eigenvalue weighted by molar-refractivity contribution is 0.0676. The van der Waals surface area contributed by atoms with Gasteiger partial charge in [0.2, 0.25) is 17.8 Å². The summed E-state index contributed by atoms with van der Waals surface area (Å²) < 4.78 is 74.4. The molecule has 2 heterocycles. The molecular weight excluding hydrogens is 1320 g/mol. The Morgan fingerprint density at radius 3 is 1.26 bits per heavy atom. The number of methoxy groups -OCH3 is 1. The van der Waals surface area contributed by atoms with Crippen molar-refractivity contribution in [1.82, 2.24) is 15.0 Å². The Labute approximate surface area is 553 Å². The molecule has 10 rings (SSSR count). The molecule has 1 aromatic heterocycles. The average Bonchev–Trinajstić information content (AvgIpc) is 0.850. The Balaban J connectivity index is 0.000000234. The second-order valence-electron chi connectivity index (χ2n) is 20.1. The number of amides is 2. The van der Waals surface area contributed by atoms with Gasteiger partial charge in [-0.3, -0.25) is 13.9 Å². The van der Waals surface area contributed by atoms with Crippen molar-refractivity contribution in [2.75, 3.05) is 59.6 Å². The van der Waals surface area contributed by atoms with Crippen molar-refractivity contribution in [2.24, 2.45) is 40.9 Å². The van der Waals surface area contributed by atoms with Gasteiger partial charge in [0, 0.05) is 36.1 Å². The maximum Gasteiger partial charge on any atom is 0.335 e. The number of carboxylic acid groups (broad SMARTS) is 4. The molecule has 8 aromatic carbocycles. The molecule has 2 amide bonds. The maximum absolute atomic E-state index is 12.7. The third-order valence-electron chi connectivity index (χ3n) is 13.2. The molecular formula is C62H50N16O18S2. The minimum atomic E-state index is -4.42. The van der Waals surface area contributed by atoms with Crippen molar-refractivity contribution in [3.63, 3.8) is 0 Å². The first-order valence-corrected chi connectivity index (χ1v) is 31.0.